The minimum absolute atomic E-state index is 0. The van der Waals surface area contributed by atoms with Gasteiger partial charge in [0.15, 0.2) is 5.75 Å². The van der Waals surface area contributed by atoms with Crippen LogP contribution >= 0.6 is 35.6 Å². The van der Waals surface area contributed by atoms with Gasteiger partial charge in [-0.3, -0.25) is 10.1 Å². The molecule has 0 bridgehead atoms. The predicted octanol–water partition coefficient (Wildman–Crippen LogP) is 2.58. The van der Waals surface area contributed by atoms with Crippen molar-refractivity contribution in [1.29, 1.82) is 0 Å². The van der Waals surface area contributed by atoms with Gasteiger partial charge in [-0.25, -0.2) is 0 Å². The van der Waals surface area contributed by atoms with E-state index in [0.717, 1.165) is 12.1 Å². The topological polar surface area (TPSA) is 78.4 Å². The maximum absolute atomic E-state index is 10.3. The normalized spacial score (nSPS) is 9.07. The van der Waals surface area contributed by atoms with Gasteiger partial charge in [-0.15, -0.1) is 12.4 Å². The van der Waals surface area contributed by atoms with Crippen LogP contribution in [0.3, 0.4) is 0 Å². The molecule has 0 heterocycles. The van der Waals surface area contributed by atoms with Crippen molar-refractivity contribution >= 4 is 41.3 Å². The molecule has 0 spiro atoms. The smallest absolute Gasteiger partial charge is 0.272 e. The van der Waals surface area contributed by atoms with E-state index in [1.54, 1.807) is 0 Å². The van der Waals surface area contributed by atoms with Crippen LogP contribution in [0, 0.1) is 10.1 Å². The van der Waals surface area contributed by atoms with Gasteiger partial charge >= 0.3 is 0 Å². The Labute approximate surface area is 95.3 Å². The quantitative estimate of drug-likeness (QED) is 0.654. The van der Waals surface area contributed by atoms with Crippen LogP contribution in [0.1, 0.15) is 0 Å². The minimum Gasteiger partial charge on any atom is -0.408 e. The molecule has 2 N–H and O–H groups in total. The summed E-state index contributed by atoms with van der Waals surface area (Å²) in [6.07, 6.45) is 0. The highest BCUT2D eigenvalue weighted by molar-refractivity contribution is 6.37. The summed E-state index contributed by atoms with van der Waals surface area (Å²) in [4.78, 5) is 14.0. The molecule has 0 radical (unpaired) electrons. The molecule has 0 aliphatic rings. The third kappa shape index (κ3) is 2.62. The van der Waals surface area contributed by atoms with Gasteiger partial charge in [-0.05, 0) is 0 Å². The van der Waals surface area contributed by atoms with Crippen LogP contribution in [0.15, 0.2) is 12.1 Å². The Balaban J connectivity index is 0.00000169. The molecule has 5 nitrogen and oxygen atoms in total. The van der Waals surface area contributed by atoms with E-state index in [9.17, 15) is 10.1 Å². The number of non-ortho nitro benzene ring substituents is 1. The molecule has 1 rings (SSSR count). The first-order valence-corrected chi connectivity index (χ1v) is 3.82. The summed E-state index contributed by atoms with van der Waals surface area (Å²) in [6, 6.07) is 2.21. The van der Waals surface area contributed by atoms with E-state index in [-0.39, 0.29) is 33.9 Å². The molecule has 1 aromatic carbocycles. The molecule has 0 amide bonds. The Kier molecular flexibility index (Phi) is 4.93. The lowest BCUT2D eigenvalue weighted by Gasteiger charge is -2.03. The lowest BCUT2D eigenvalue weighted by atomic mass is 10.3. The van der Waals surface area contributed by atoms with E-state index in [1.807, 2.05) is 0 Å². The van der Waals surface area contributed by atoms with E-state index in [1.165, 1.54) is 0 Å². The molecule has 14 heavy (non-hydrogen) atoms. The van der Waals surface area contributed by atoms with Gasteiger partial charge in [-0.2, -0.15) is 5.90 Å². The Bertz CT molecular complexity index is 335. The van der Waals surface area contributed by atoms with Crippen LogP contribution in [0.4, 0.5) is 5.69 Å². The van der Waals surface area contributed by atoms with Gasteiger partial charge in [-0.1, -0.05) is 23.2 Å². The molecular formula is C6H5Cl3N2O3. The third-order valence-corrected chi connectivity index (χ3v) is 1.87. The Morgan fingerprint density at radius 2 is 1.79 bits per heavy atom. The van der Waals surface area contributed by atoms with Crippen molar-refractivity contribution in [2.24, 2.45) is 5.90 Å². The number of nitrogens with two attached hydrogens (primary N) is 1. The van der Waals surface area contributed by atoms with Gasteiger partial charge in [0.25, 0.3) is 5.69 Å². The second kappa shape index (κ2) is 5.21. The second-order valence-corrected chi connectivity index (χ2v) is 2.93. The van der Waals surface area contributed by atoms with Gasteiger partial charge in [0.1, 0.15) is 0 Å². The number of benzene rings is 1. The van der Waals surface area contributed by atoms with Crippen molar-refractivity contribution in [3.8, 4) is 5.75 Å². The van der Waals surface area contributed by atoms with Crippen molar-refractivity contribution in [2.75, 3.05) is 0 Å². The summed E-state index contributed by atoms with van der Waals surface area (Å²) in [5.41, 5.74) is -0.212. The van der Waals surface area contributed by atoms with Crippen molar-refractivity contribution in [1.82, 2.24) is 0 Å². The lowest BCUT2D eigenvalue weighted by Crippen LogP contribution is -2.03. The Morgan fingerprint density at radius 3 is 2.07 bits per heavy atom. The number of nitro groups is 1. The second-order valence-electron chi connectivity index (χ2n) is 2.11. The molecule has 0 fully saturated rings. The highest BCUT2D eigenvalue weighted by Gasteiger charge is 2.14. The Hall–Kier alpha value is -0.750. The number of hydrogen-bond acceptors (Lipinski definition) is 4. The average molecular weight is 259 g/mol. The van der Waals surface area contributed by atoms with E-state index in [0.29, 0.717) is 0 Å². The summed E-state index contributed by atoms with van der Waals surface area (Å²) in [5.74, 6) is 4.86. The zero-order chi connectivity index (χ0) is 10.0. The average Bonchev–Trinajstić information content (AvgIpc) is 2.03. The molecular weight excluding hydrogens is 254 g/mol. The first kappa shape index (κ1) is 13.2. The Morgan fingerprint density at radius 1 is 1.36 bits per heavy atom. The summed E-state index contributed by atoms with van der Waals surface area (Å²) in [5, 5.41) is 10.3. The molecule has 0 aromatic heterocycles. The van der Waals surface area contributed by atoms with Crippen molar-refractivity contribution < 1.29 is 9.76 Å². The molecule has 0 aliphatic heterocycles. The molecule has 1 aromatic rings. The zero-order valence-electron chi connectivity index (χ0n) is 6.57. The monoisotopic (exact) mass is 258 g/mol. The van der Waals surface area contributed by atoms with Gasteiger partial charge in [0, 0.05) is 12.1 Å². The van der Waals surface area contributed by atoms with E-state index >= 15 is 0 Å². The fourth-order valence-corrected chi connectivity index (χ4v) is 1.33. The maximum Gasteiger partial charge on any atom is 0.272 e. The third-order valence-electron chi connectivity index (χ3n) is 1.31. The molecule has 0 saturated heterocycles. The van der Waals surface area contributed by atoms with Gasteiger partial charge < -0.3 is 4.84 Å². The number of halogens is 3. The maximum atomic E-state index is 10.3. The lowest BCUT2D eigenvalue weighted by molar-refractivity contribution is -0.384. The van der Waals surface area contributed by atoms with Crippen molar-refractivity contribution in [3.05, 3.63) is 32.3 Å². The largest absolute Gasteiger partial charge is 0.408 e. The molecule has 0 aliphatic carbocycles. The highest BCUT2D eigenvalue weighted by atomic mass is 35.5. The van der Waals surface area contributed by atoms with Crippen LogP contribution in [0.25, 0.3) is 0 Å². The van der Waals surface area contributed by atoms with Crippen LogP contribution in [0.2, 0.25) is 10.0 Å². The summed E-state index contributed by atoms with van der Waals surface area (Å²) < 4.78 is 0. The zero-order valence-corrected chi connectivity index (χ0v) is 8.90. The van der Waals surface area contributed by atoms with Crippen LogP contribution < -0.4 is 10.7 Å². The van der Waals surface area contributed by atoms with Crippen LogP contribution in [-0.2, 0) is 0 Å². The van der Waals surface area contributed by atoms with Crippen LogP contribution in [-0.4, -0.2) is 4.92 Å². The first-order valence-electron chi connectivity index (χ1n) is 3.06. The molecule has 0 unspecified atom stereocenters. The first-order chi connectivity index (χ1) is 6.06. The predicted molar refractivity (Wildman–Crippen MR) is 55.2 cm³/mol. The molecule has 0 atom stereocenters. The van der Waals surface area contributed by atoms with E-state index in [2.05, 4.69) is 4.84 Å². The number of nitrogens with zero attached hydrogens (tertiary/aromatic N) is 1. The van der Waals surface area contributed by atoms with Gasteiger partial charge in [0.2, 0.25) is 0 Å². The van der Waals surface area contributed by atoms with Crippen molar-refractivity contribution in [3.63, 3.8) is 0 Å². The van der Waals surface area contributed by atoms with Crippen LogP contribution in [0.5, 0.6) is 5.75 Å². The minimum atomic E-state index is -0.613. The van der Waals surface area contributed by atoms with Gasteiger partial charge in [0.05, 0.1) is 15.0 Å². The van der Waals surface area contributed by atoms with E-state index in [4.69, 9.17) is 29.1 Å². The summed E-state index contributed by atoms with van der Waals surface area (Å²) in [7, 11) is 0. The number of rotatable bonds is 2. The fourth-order valence-electron chi connectivity index (χ4n) is 0.765. The fraction of sp³-hybridized carbons (Fsp3) is 0. The summed E-state index contributed by atoms with van der Waals surface area (Å²) >= 11 is 11.2. The van der Waals surface area contributed by atoms with Crippen molar-refractivity contribution in [2.45, 2.75) is 0 Å². The number of hydrogen-bond donors (Lipinski definition) is 1. The SMILES string of the molecule is Cl.NOc1c(Cl)cc([N+](=O)[O-])cc1Cl. The van der Waals surface area contributed by atoms with E-state index < -0.39 is 4.92 Å². The highest BCUT2D eigenvalue weighted by Crippen LogP contribution is 2.35. The number of nitro benzene ring substituents is 1. The summed E-state index contributed by atoms with van der Waals surface area (Å²) in [6.45, 7) is 0. The molecule has 0 saturated carbocycles. The standard InChI is InChI=1S/C6H4Cl2N2O3.ClH/c7-4-1-3(10(11)12)2-5(8)6(4)13-9;/h1-2H,9H2;1H. The molecule has 8 heteroatoms. The molecule has 78 valence electrons.